The van der Waals surface area contributed by atoms with Crippen LogP contribution in [0.25, 0.3) is 10.8 Å². The Bertz CT molecular complexity index is 1090. The Labute approximate surface area is 193 Å². The van der Waals surface area contributed by atoms with Crippen molar-refractivity contribution in [1.29, 1.82) is 0 Å². The van der Waals surface area contributed by atoms with E-state index in [1.165, 1.54) is 0 Å². The summed E-state index contributed by atoms with van der Waals surface area (Å²) in [6.07, 6.45) is 1.14. The Hall–Kier alpha value is -3.45. The minimum Gasteiger partial charge on any atom is -0.494 e. The van der Waals surface area contributed by atoms with Crippen LogP contribution in [0.4, 0.5) is 0 Å². The third-order valence-electron chi connectivity index (χ3n) is 4.85. The SMILES string of the molecule is CC(C)CCOc1ccc(C(=O)NNC(=S)NC(=O)Cc2cccc3ccccc23)cc1. The van der Waals surface area contributed by atoms with Gasteiger partial charge in [0.1, 0.15) is 5.75 Å². The predicted octanol–water partition coefficient (Wildman–Crippen LogP) is 4.14. The van der Waals surface area contributed by atoms with Gasteiger partial charge >= 0.3 is 0 Å². The summed E-state index contributed by atoms with van der Waals surface area (Å²) >= 11 is 5.12. The van der Waals surface area contributed by atoms with E-state index in [1.54, 1.807) is 24.3 Å². The molecule has 0 radical (unpaired) electrons. The van der Waals surface area contributed by atoms with Gasteiger partial charge in [0, 0.05) is 5.56 Å². The van der Waals surface area contributed by atoms with Crippen LogP contribution in [0.3, 0.4) is 0 Å². The van der Waals surface area contributed by atoms with E-state index in [4.69, 9.17) is 17.0 Å². The number of rotatable bonds is 7. The lowest BCUT2D eigenvalue weighted by atomic mass is 10.0. The molecule has 6 nitrogen and oxygen atoms in total. The van der Waals surface area contributed by atoms with Gasteiger partial charge in [-0.15, -0.1) is 0 Å². The van der Waals surface area contributed by atoms with Gasteiger partial charge < -0.3 is 10.1 Å². The van der Waals surface area contributed by atoms with Crippen molar-refractivity contribution in [2.45, 2.75) is 26.7 Å². The molecule has 0 fully saturated rings. The zero-order valence-corrected chi connectivity index (χ0v) is 19.0. The van der Waals surface area contributed by atoms with Crippen LogP contribution in [0, 0.1) is 5.92 Å². The van der Waals surface area contributed by atoms with Gasteiger partial charge in [-0.1, -0.05) is 56.3 Å². The molecule has 0 aromatic heterocycles. The lowest BCUT2D eigenvalue weighted by molar-refractivity contribution is -0.119. The first kappa shape index (κ1) is 23.2. The number of carbonyl (C=O) groups is 2. The number of fused-ring (bicyclic) bond motifs is 1. The van der Waals surface area contributed by atoms with Crippen LogP contribution in [-0.2, 0) is 11.2 Å². The second kappa shape index (κ2) is 11.2. The average Bonchev–Trinajstić information content (AvgIpc) is 2.78. The molecule has 0 atom stereocenters. The molecule has 0 bridgehead atoms. The molecule has 0 saturated heterocycles. The number of amides is 2. The first-order chi connectivity index (χ1) is 15.4. The highest BCUT2D eigenvalue weighted by Gasteiger charge is 2.10. The van der Waals surface area contributed by atoms with Gasteiger partial charge in [0.2, 0.25) is 5.91 Å². The molecular weight excluding hydrogens is 422 g/mol. The molecule has 3 rings (SSSR count). The van der Waals surface area contributed by atoms with Crippen LogP contribution >= 0.6 is 12.2 Å². The highest BCUT2D eigenvalue weighted by molar-refractivity contribution is 7.80. The minimum atomic E-state index is -0.371. The van der Waals surface area contributed by atoms with Crippen molar-refractivity contribution in [2.24, 2.45) is 5.92 Å². The van der Waals surface area contributed by atoms with Gasteiger partial charge in [-0.2, -0.15) is 0 Å². The maximum atomic E-state index is 12.4. The molecule has 0 aliphatic rings. The van der Waals surface area contributed by atoms with Gasteiger partial charge in [-0.05, 0) is 65.2 Å². The molecule has 7 heteroatoms. The Balaban J connectivity index is 1.45. The molecular formula is C25H27N3O3S. The fourth-order valence-corrected chi connectivity index (χ4v) is 3.29. The third kappa shape index (κ3) is 6.78. The van der Waals surface area contributed by atoms with Gasteiger partial charge in [0.15, 0.2) is 5.11 Å². The number of carbonyl (C=O) groups excluding carboxylic acids is 2. The number of benzene rings is 3. The predicted molar refractivity (Wildman–Crippen MR) is 130 cm³/mol. The van der Waals surface area contributed by atoms with Crippen molar-refractivity contribution in [3.8, 4) is 5.75 Å². The highest BCUT2D eigenvalue weighted by atomic mass is 32.1. The van der Waals surface area contributed by atoms with E-state index >= 15 is 0 Å². The van der Waals surface area contributed by atoms with E-state index in [9.17, 15) is 9.59 Å². The van der Waals surface area contributed by atoms with E-state index in [0.717, 1.165) is 22.8 Å². The van der Waals surface area contributed by atoms with Crippen molar-refractivity contribution in [3.05, 3.63) is 77.9 Å². The topological polar surface area (TPSA) is 79.5 Å². The number of hydrogen-bond acceptors (Lipinski definition) is 4. The second-order valence-electron chi connectivity index (χ2n) is 7.83. The molecule has 0 saturated carbocycles. The largest absolute Gasteiger partial charge is 0.494 e. The maximum absolute atomic E-state index is 12.4. The summed E-state index contributed by atoms with van der Waals surface area (Å²) in [6, 6.07) is 20.6. The Morgan fingerprint density at radius 2 is 1.66 bits per heavy atom. The zero-order chi connectivity index (χ0) is 22.9. The summed E-state index contributed by atoms with van der Waals surface area (Å²) in [5, 5.41) is 4.71. The van der Waals surface area contributed by atoms with Crippen molar-refractivity contribution in [1.82, 2.24) is 16.2 Å². The molecule has 166 valence electrons. The normalized spacial score (nSPS) is 10.6. The van der Waals surface area contributed by atoms with Crippen LogP contribution in [0.1, 0.15) is 36.2 Å². The molecule has 3 aromatic rings. The first-order valence-electron chi connectivity index (χ1n) is 10.5. The van der Waals surface area contributed by atoms with Crippen LogP contribution < -0.4 is 20.9 Å². The average molecular weight is 450 g/mol. The van der Waals surface area contributed by atoms with Crippen molar-refractivity contribution >= 4 is 39.9 Å². The van der Waals surface area contributed by atoms with E-state index in [2.05, 4.69) is 30.0 Å². The number of hydrogen-bond donors (Lipinski definition) is 3. The molecule has 2 amide bonds. The summed E-state index contributed by atoms with van der Waals surface area (Å²) in [6.45, 7) is 4.91. The molecule has 0 unspecified atom stereocenters. The molecule has 0 spiro atoms. The van der Waals surface area contributed by atoms with Gasteiger partial charge in [-0.25, -0.2) is 0 Å². The smallest absolute Gasteiger partial charge is 0.269 e. The molecule has 3 aromatic carbocycles. The Kier molecular flexibility index (Phi) is 8.16. The molecule has 3 N–H and O–H groups in total. The van der Waals surface area contributed by atoms with Crippen molar-refractivity contribution in [2.75, 3.05) is 6.61 Å². The monoisotopic (exact) mass is 449 g/mol. The molecule has 0 heterocycles. The van der Waals surface area contributed by atoms with Gasteiger partial charge in [-0.3, -0.25) is 20.4 Å². The number of hydrazine groups is 1. The summed E-state index contributed by atoms with van der Waals surface area (Å²) < 4.78 is 5.65. The second-order valence-corrected chi connectivity index (χ2v) is 8.24. The summed E-state index contributed by atoms with van der Waals surface area (Å²) in [5.74, 6) is 0.647. The Morgan fingerprint density at radius 3 is 2.41 bits per heavy atom. The number of thiocarbonyl (C=S) groups is 1. The van der Waals surface area contributed by atoms with Crippen LogP contribution in [-0.4, -0.2) is 23.5 Å². The van der Waals surface area contributed by atoms with Crippen LogP contribution in [0.5, 0.6) is 5.75 Å². The van der Waals surface area contributed by atoms with E-state index in [1.807, 2.05) is 42.5 Å². The molecule has 0 aliphatic heterocycles. The van der Waals surface area contributed by atoms with Crippen molar-refractivity contribution in [3.63, 3.8) is 0 Å². The zero-order valence-electron chi connectivity index (χ0n) is 18.2. The van der Waals surface area contributed by atoms with Crippen molar-refractivity contribution < 1.29 is 14.3 Å². The highest BCUT2D eigenvalue weighted by Crippen LogP contribution is 2.18. The lowest BCUT2D eigenvalue weighted by Gasteiger charge is -2.12. The third-order valence-corrected chi connectivity index (χ3v) is 5.06. The van der Waals surface area contributed by atoms with Crippen LogP contribution in [0.2, 0.25) is 0 Å². The summed E-state index contributed by atoms with van der Waals surface area (Å²) in [4.78, 5) is 24.7. The standard InChI is InChI=1S/C25H27N3O3S/c1-17(2)14-15-31-21-12-10-19(11-13-21)24(30)27-28-25(32)26-23(29)16-20-8-5-7-18-6-3-4-9-22(18)20/h3-13,17H,14-16H2,1-2H3,(H,27,30)(H2,26,28,29,32). The van der Waals surface area contributed by atoms with E-state index < -0.39 is 0 Å². The fraction of sp³-hybridized carbons (Fsp3) is 0.240. The number of nitrogens with one attached hydrogen (secondary N) is 3. The lowest BCUT2D eigenvalue weighted by Crippen LogP contribution is -2.48. The van der Waals surface area contributed by atoms with Gasteiger partial charge in [0.25, 0.3) is 5.91 Å². The Morgan fingerprint density at radius 1 is 0.938 bits per heavy atom. The fourth-order valence-electron chi connectivity index (χ4n) is 3.12. The quantitative estimate of drug-likeness (QED) is 0.373. The first-order valence-corrected chi connectivity index (χ1v) is 10.9. The van der Waals surface area contributed by atoms with Gasteiger partial charge in [0.05, 0.1) is 13.0 Å². The maximum Gasteiger partial charge on any atom is 0.269 e. The van der Waals surface area contributed by atoms with E-state index in [-0.39, 0.29) is 23.3 Å². The summed E-state index contributed by atoms with van der Waals surface area (Å²) in [5.41, 5.74) is 6.40. The molecule has 0 aliphatic carbocycles. The molecule has 32 heavy (non-hydrogen) atoms. The van der Waals surface area contributed by atoms with E-state index in [0.29, 0.717) is 23.8 Å². The summed E-state index contributed by atoms with van der Waals surface area (Å²) in [7, 11) is 0. The minimum absolute atomic E-state index is 0.0252. The van der Waals surface area contributed by atoms with Crippen LogP contribution in [0.15, 0.2) is 66.7 Å². The number of ether oxygens (including phenoxy) is 1.